The minimum absolute atomic E-state index is 0. The average Bonchev–Trinajstić information content (AvgIpc) is 3.07. The third-order valence-corrected chi connectivity index (χ3v) is 7.64. The number of piperidine rings is 2. The molecule has 3 heterocycles. The van der Waals surface area contributed by atoms with Crippen LogP contribution in [0.2, 0.25) is 0 Å². The number of nitrogens with zero attached hydrogens (tertiary/aromatic N) is 3. The maximum Gasteiger partial charge on any atom is 1.00 e. The van der Waals surface area contributed by atoms with Crippen LogP contribution in [0.4, 0.5) is 14.4 Å². The number of carboxylic acids is 2. The second-order valence-corrected chi connectivity index (χ2v) is 14.3. The van der Waals surface area contributed by atoms with Crippen LogP contribution < -0.4 is 34.9 Å². The van der Waals surface area contributed by atoms with E-state index < -0.39 is 41.4 Å². The first-order chi connectivity index (χ1) is 23.4. The number of amides is 3. The first-order valence-electron chi connectivity index (χ1n) is 16.9. The van der Waals surface area contributed by atoms with Crippen molar-refractivity contribution in [3.8, 4) is 0 Å². The van der Waals surface area contributed by atoms with Crippen LogP contribution in [0.3, 0.4) is 0 Å². The van der Waals surface area contributed by atoms with E-state index in [1.807, 2.05) is 57.4 Å². The predicted molar refractivity (Wildman–Crippen MR) is 184 cm³/mol. The molecule has 3 amide bonds. The number of carbonyl (C=O) groups is 5. The topological polar surface area (TPSA) is 222 Å². The van der Waals surface area contributed by atoms with Gasteiger partial charge in [0, 0.05) is 32.7 Å². The van der Waals surface area contributed by atoms with Crippen molar-refractivity contribution in [2.75, 3.05) is 45.8 Å². The zero-order valence-corrected chi connectivity index (χ0v) is 33.5. The van der Waals surface area contributed by atoms with Gasteiger partial charge in [-0.05, 0) is 72.9 Å². The normalized spacial score (nSPS) is 20.0. The van der Waals surface area contributed by atoms with Gasteiger partial charge in [-0.25, -0.2) is 19.2 Å². The SMILES string of the molecule is CC(C)(C)OC(=O)N1CCC[C@@H]([C-]=O)C1.CC(C)(C)OC(=O)N1CCN(C(=O)OCc2ccccc2)[C@@H](C(=O)O)C1.O=C(O)[C@@H]1CCCNC1.[Na+].[OH-]. The van der Waals surface area contributed by atoms with Crippen molar-refractivity contribution in [1.82, 2.24) is 20.0 Å². The minimum Gasteiger partial charge on any atom is -0.870 e. The van der Waals surface area contributed by atoms with Gasteiger partial charge in [-0.2, -0.15) is 0 Å². The third-order valence-electron chi connectivity index (χ3n) is 7.64. The maximum absolute atomic E-state index is 12.3. The second kappa shape index (κ2) is 23.3. The van der Waals surface area contributed by atoms with Gasteiger partial charge < -0.3 is 49.8 Å². The number of benzene rings is 1. The molecule has 4 rings (SSSR count). The number of aliphatic carboxylic acids is 2. The summed E-state index contributed by atoms with van der Waals surface area (Å²) >= 11 is 0. The van der Waals surface area contributed by atoms with E-state index in [-0.39, 0.29) is 79.2 Å². The number of piperazine rings is 1. The van der Waals surface area contributed by atoms with E-state index in [1.165, 1.54) is 4.90 Å². The molecule has 288 valence electrons. The summed E-state index contributed by atoms with van der Waals surface area (Å²) < 4.78 is 15.7. The Morgan fingerprint density at radius 1 is 0.808 bits per heavy atom. The summed E-state index contributed by atoms with van der Waals surface area (Å²) in [6.07, 6.45) is 3.81. The third kappa shape index (κ3) is 18.4. The largest absolute Gasteiger partial charge is 1.00 e. The molecule has 3 fully saturated rings. The van der Waals surface area contributed by atoms with Gasteiger partial charge in [0.15, 0.2) is 6.04 Å². The summed E-state index contributed by atoms with van der Waals surface area (Å²) in [5.41, 5.74) is -0.351. The van der Waals surface area contributed by atoms with Crippen LogP contribution >= 0.6 is 0 Å². The summed E-state index contributed by atoms with van der Waals surface area (Å²) in [5, 5.41) is 21.0. The predicted octanol–water partition coefficient (Wildman–Crippen LogP) is 0.970. The van der Waals surface area contributed by atoms with Gasteiger partial charge in [-0.3, -0.25) is 16.0 Å². The molecule has 52 heavy (non-hydrogen) atoms. The zero-order valence-electron chi connectivity index (χ0n) is 31.5. The van der Waals surface area contributed by atoms with Crippen molar-refractivity contribution in [2.45, 2.75) is 91.1 Å². The van der Waals surface area contributed by atoms with Crippen molar-refractivity contribution < 1.29 is 88.2 Å². The van der Waals surface area contributed by atoms with Crippen molar-refractivity contribution in [1.29, 1.82) is 0 Å². The number of carboxylic acid groups (broad SMARTS) is 2. The Morgan fingerprint density at radius 3 is 1.85 bits per heavy atom. The minimum atomic E-state index is -1.20. The smallest absolute Gasteiger partial charge is 0.870 e. The standard InChI is InChI=1S/C18H24N2O6.C11H18NO3.C6H11NO2.Na.H2O/c1-18(2,3)26-16(23)19-9-10-20(14(11-19)15(21)22)17(24)25-12-13-7-5-4-6-8-13;1-11(2,3)15-10(14)12-6-4-5-9(7-12)8-13;8-6(9)5-2-1-3-7-4-5;;/h4-8,14H,9-12H2,1-3H3,(H,21,22);9H,4-7H2,1-3H3;5,7H,1-4H2,(H,8,9);;1H2/q;-1;;+1;/p-1/t14-;9-;5-;;/m111../s1. The molecular formula is C35H54N4NaO12-. The number of likely N-dealkylation sites (tertiary alicyclic amines) is 1. The van der Waals surface area contributed by atoms with Crippen LogP contribution in [0.5, 0.6) is 0 Å². The Labute approximate surface area is 328 Å². The van der Waals surface area contributed by atoms with Gasteiger partial charge in [0.1, 0.15) is 17.8 Å². The van der Waals surface area contributed by atoms with Gasteiger partial charge in [-0.15, -0.1) is 5.92 Å². The molecule has 3 saturated heterocycles. The molecule has 0 saturated carbocycles. The summed E-state index contributed by atoms with van der Waals surface area (Å²) in [4.78, 5) is 72.5. The molecule has 0 spiro atoms. The van der Waals surface area contributed by atoms with Crippen LogP contribution in [-0.2, 0) is 35.2 Å². The Kier molecular flexibility index (Phi) is 21.7. The Hall–Kier alpha value is -3.44. The summed E-state index contributed by atoms with van der Waals surface area (Å²) in [6, 6.07) is 7.93. The molecule has 3 aliphatic heterocycles. The maximum atomic E-state index is 12.3. The van der Waals surface area contributed by atoms with Crippen LogP contribution in [0.15, 0.2) is 30.3 Å². The molecule has 17 heteroatoms. The van der Waals surface area contributed by atoms with Crippen molar-refractivity contribution >= 4 is 36.5 Å². The van der Waals surface area contributed by atoms with Crippen molar-refractivity contribution in [2.24, 2.45) is 11.8 Å². The van der Waals surface area contributed by atoms with E-state index in [4.69, 9.17) is 19.3 Å². The van der Waals surface area contributed by atoms with E-state index >= 15 is 0 Å². The fraction of sp³-hybridized carbons (Fsp3) is 0.657. The number of hydrogen-bond donors (Lipinski definition) is 3. The molecule has 4 N–H and O–H groups in total. The van der Waals surface area contributed by atoms with E-state index in [0.717, 1.165) is 42.7 Å². The number of hydrogen-bond acceptors (Lipinski definition) is 11. The fourth-order valence-corrected chi connectivity index (χ4v) is 5.14. The first-order valence-corrected chi connectivity index (χ1v) is 16.9. The monoisotopic (exact) mass is 745 g/mol. The van der Waals surface area contributed by atoms with Gasteiger partial charge in [0.05, 0.1) is 12.5 Å². The summed E-state index contributed by atoms with van der Waals surface area (Å²) in [5.74, 6) is -2.15. The molecule has 1 aromatic rings. The number of carbonyl (C=O) groups excluding carboxylic acids is 4. The van der Waals surface area contributed by atoms with Gasteiger partial charge in [-0.1, -0.05) is 36.8 Å². The molecule has 3 atom stereocenters. The molecule has 3 aliphatic rings. The van der Waals surface area contributed by atoms with Crippen LogP contribution in [0, 0.1) is 11.8 Å². The number of nitrogens with one attached hydrogen (secondary N) is 1. The van der Waals surface area contributed by atoms with E-state index in [2.05, 4.69) is 5.32 Å². The average molecular weight is 746 g/mol. The molecular weight excluding hydrogens is 691 g/mol. The van der Waals surface area contributed by atoms with Crippen LogP contribution in [0.25, 0.3) is 0 Å². The quantitative estimate of drug-likeness (QED) is 0.218. The van der Waals surface area contributed by atoms with Crippen molar-refractivity contribution in [3.05, 3.63) is 35.9 Å². The molecule has 0 radical (unpaired) electrons. The second-order valence-electron chi connectivity index (χ2n) is 14.3. The van der Waals surface area contributed by atoms with E-state index in [1.54, 1.807) is 25.7 Å². The van der Waals surface area contributed by atoms with Gasteiger partial charge in [0.2, 0.25) is 0 Å². The van der Waals surface area contributed by atoms with Crippen molar-refractivity contribution in [3.63, 3.8) is 0 Å². The molecule has 0 aliphatic carbocycles. The van der Waals surface area contributed by atoms with Gasteiger partial charge >= 0.3 is 59.8 Å². The first kappa shape index (κ1) is 48.6. The van der Waals surface area contributed by atoms with Crippen LogP contribution in [-0.4, -0.2) is 130 Å². The number of ether oxygens (including phenoxy) is 3. The molecule has 16 nitrogen and oxygen atoms in total. The zero-order chi connectivity index (χ0) is 37.5. The summed E-state index contributed by atoms with van der Waals surface area (Å²) in [7, 11) is 0. The Morgan fingerprint density at radius 2 is 1.38 bits per heavy atom. The van der Waals surface area contributed by atoms with E-state index in [9.17, 15) is 33.9 Å². The van der Waals surface area contributed by atoms with E-state index in [0.29, 0.717) is 19.6 Å². The fourth-order valence-electron chi connectivity index (χ4n) is 5.14. The molecule has 0 unspecified atom stereocenters. The summed E-state index contributed by atoms with van der Waals surface area (Å²) in [6.45, 7) is 13.6. The van der Waals surface area contributed by atoms with Gasteiger partial charge in [0.25, 0.3) is 0 Å². The number of rotatable bonds is 5. The molecule has 1 aromatic carbocycles. The Bertz CT molecular complexity index is 1280. The molecule has 0 bridgehead atoms. The van der Waals surface area contributed by atoms with Crippen LogP contribution in [0.1, 0.15) is 72.8 Å². The molecule has 0 aromatic heterocycles. The Balaban J connectivity index is 0.000000843.